The Morgan fingerprint density at radius 3 is 2.42 bits per heavy atom. The van der Waals surface area contributed by atoms with Crippen LogP contribution in [-0.4, -0.2) is 40.3 Å². The van der Waals surface area contributed by atoms with E-state index in [0.717, 1.165) is 40.0 Å². The first-order chi connectivity index (χ1) is 16.0. The van der Waals surface area contributed by atoms with Gasteiger partial charge in [-0.3, -0.25) is 0 Å². The van der Waals surface area contributed by atoms with E-state index < -0.39 is 0 Å². The van der Waals surface area contributed by atoms with Crippen molar-refractivity contribution in [3.63, 3.8) is 0 Å². The normalized spacial score (nSPS) is 11.7. The molecule has 0 bridgehead atoms. The Balaban J connectivity index is 1.71. The Morgan fingerprint density at radius 2 is 1.73 bits per heavy atom. The van der Waals surface area contributed by atoms with Gasteiger partial charge in [0.1, 0.15) is 30.2 Å². The summed E-state index contributed by atoms with van der Waals surface area (Å²) in [7, 11) is 5.66. The molecule has 0 aliphatic heterocycles. The lowest BCUT2D eigenvalue weighted by atomic mass is 10.1. The van der Waals surface area contributed by atoms with Crippen molar-refractivity contribution in [2.24, 2.45) is 4.99 Å². The molecule has 4 aromatic rings. The Bertz CT molecular complexity index is 1310. The summed E-state index contributed by atoms with van der Waals surface area (Å²) in [5.74, 6) is 1.11. The lowest BCUT2D eigenvalue weighted by Gasteiger charge is -2.08. The number of rotatable bonds is 7. The first-order valence-electron chi connectivity index (χ1n) is 10.8. The smallest absolute Gasteiger partial charge is 0.338 e. The van der Waals surface area contributed by atoms with Crippen molar-refractivity contribution < 1.29 is 23.6 Å². The second-order valence-electron chi connectivity index (χ2n) is 7.98. The van der Waals surface area contributed by atoms with Gasteiger partial charge in [-0.2, -0.15) is 0 Å². The van der Waals surface area contributed by atoms with Crippen molar-refractivity contribution in [3.05, 3.63) is 89.8 Å². The number of hydrogen-bond donors (Lipinski definition) is 1. The Kier molecular flexibility index (Phi) is 6.86. The zero-order valence-electron chi connectivity index (χ0n) is 19.0. The van der Waals surface area contributed by atoms with E-state index in [1.807, 2.05) is 80.8 Å². The van der Waals surface area contributed by atoms with Crippen LogP contribution in [0, 0.1) is 0 Å². The number of hydrogen-bond acceptors (Lipinski definition) is 5. The number of benzene rings is 3. The Labute approximate surface area is 192 Å². The van der Waals surface area contributed by atoms with E-state index >= 15 is 0 Å². The van der Waals surface area contributed by atoms with Gasteiger partial charge in [0, 0.05) is 17.0 Å². The maximum absolute atomic E-state index is 12.3. The summed E-state index contributed by atoms with van der Waals surface area (Å²) in [4.78, 5) is 18.3. The van der Waals surface area contributed by atoms with E-state index in [2.05, 4.69) is 0 Å². The summed E-state index contributed by atoms with van der Waals surface area (Å²) in [6, 6.07) is 24.6. The standard InChI is InChI=1S/C27H26N2O4/c1-29(2)15-16-32-27(30)20-9-11-21(12-10-20)28-24-18-26(19-7-5-4-6-8-19)33-25-14-13-22(31-3)17-23(24)25/h4-14,17-18H,15-16H2,1-3H3/p+1. The Hall–Kier alpha value is -3.90. The number of ether oxygens (including phenoxy) is 2. The molecule has 6 heteroatoms. The van der Waals surface area contributed by atoms with Crippen molar-refractivity contribution in [2.75, 3.05) is 34.4 Å². The number of nitrogens with one attached hydrogen (secondary N) is 1. The number of methoxy groups -OCH3 is 1. The lowest BCUT2D eigenvalue weighted by Crippen LogP contribution is -3.06. The zero-order chi connectivity index (χ0) is 23.2. The zero-order valence-corrected chi connectivity index (χ0v) is 19.0. The Morgan fingerprint density at radius 1 is 0.970 bits per heavy atom. The van der Waals surface area contributed by atoms with Crippen LogP contribution in [0.25, 0.3) is 22.3 Å². The summed E-state index contributed by atoms with van der Waals surface area (Å²) in [5, 5.41) is 1.59. The van der Waals surface area contributed by atoms with Gasteiger partial charge >= 0.3 is 5.97 Å². The highest BCUT2D eigenvalue weighted by atomic mass is 16.5. The van der Waals surface area contributed by atoms with Crippen molar-refractivity contribution >= 4 is 22.6 Å². The minimum atomic E-state index is -0.331. The van der Waals surface area contributed by atoms with Crippen molar-refractivity contribution in [2.45, 2.75) is 0 Å². The quantitative estimate of drug-likeness (QED) is 0.443. The van der Waals surface area contributed by atoms with Gasteiger partial charge in [0.2, 0.25) is 0 Å². The number of fused-ring (bicyclic) bond motifs is 1. The van der Waals surface area contributed by atoms with Gasteiger partial charge in [-0.25, -0.2) is 9.79 Å². The summed E-state index contributed by atoms with van der Waals surface area (Å²) in [6.45, 7) is 1.15. The average molecular weight is 444 g/mol. The van der Waals surface area contributed by atoms with E-state index in [0.29, 0.717) is 17.8 Å². The second kappa shape index (κ2) is 10.1. The minimum absolute atomic E-state index is 0.331. The van der Waals surface area contributed by atoms with Gasteiger partial charge < -0.3 is 18.8 Å². The highest BCUT2D eigenvalue weighted by molar-refractivity contribution is 5.89. The van der Waals surface area contributed by atoms with Gasteiger partial charge in [0.25, 0.3) is 0 Å². The maximum atomic E-state index is 12.3. The molecule has 0 unspecified atom stereocenters. The molecule has 0 atom stereocenters. The predicted octanol–water partition coefficient (Wildman–Crippen LogP) is 3.64. The molecule has 6 nitrogen and oxygen atoms in total. The molecule has 0 fully saturated rings. The monoisotopic (exact) mass is 443 g/mol. The summed E-state index contributed by atoms with van der Waals surface area (Å²) in [6.07, 6.45) is 0. The molecule has 1 aromatic heterocycles. The van der Waals surface area contributed by atoms with Crippen LogP contribution >= 0.6 is 0 Å². The van der Waals surface area contributed by atoms with Crippen LogP contribution in [0.5, 0.6) is 5.75 Å². The van der Waals surface area contributed by atoms with Crippen LogP contribution in [-0.2, 0) is 4.74 Å². The van der Waals surface area contributed by atoms with Gasteiger partial charge in [-0.15, -0.1) is 0 Å². The number of likely N-dealkylation sites (N-methyl/N-ethyl adjacent to an activating group) is 1. The van der Waals surface area contributed by atoms with E-state index in [1.165, 1.54) is 4.90 Å². The van der Waals surface area contributed by atoms with Crippen molar-refractivity contribution in [1.82, 2.24) is 0 Å². The molecule has 1 heterocycles. The number of carbonyl (C=O) groups is 1. The fraction of sp³-hybridized carbons (Fsp3) is 0.185. The van der Waals surface area contributed by atoms with Crippen LogP contribution in [0.2, 0.25) is 0 Å². The first-order valence-corrected chi connectivity index (χ1v) is 10.8. The fourth-order valence-corrected chi connectivity index (χ4v) is 3.35. The third-order valence-corrected chi connectivity index (χ3v) is 5.20. The molecule has 168 valence electrons. The van der Waals surface area contributed by atoms with Crippen molar-refractivity contribution in [1.29, 1.82) is 0 Å². The molecule has 0 saturated heterocycles. The van der Waals surface area contributed by atoms with Crippen LogP contribution in [0.1, 0.15) is 10.4 Å². The number of esters is 1. The maximum Gasteiger partial charge on any atom is 0.338 e. The number of carbonyl (C=O) groups excluding carboxylic acids is 1. The highest BCUT2D eigenvalue weighted by Gasteiger charge is 2.09. The molecule has 0 aliphatic carbocycles. The van der Waals surface area contributed by atoms with Gasteiger partial charge in [0.15, 0.2) is 0 Å². The molecule has 0 saturated carbocycles. The predicted molar refractivity (Wildman–Crippen MR) is 128 cm³/mol. The SMILES string of the molecule is COc1ccc2oc(-c3ccccc3)cc(=Nc3ccc(C(=O)OCC[NH+](C)C)cc3)c2c1. The molecule has 0 aliphatic rings. The molecule has 0 radical (unpaired) electrons. The van der Waals surface area contributed by atoms with Gasteiger partial charge in [-0.1, -0.05) is 30.3 Å². The van der Waals surface area contributed by atoms with Crippen LogP contribution in [0.3, 0.4) is 0 Å². The number of nitrogens with zero attached hydrogens (tertiary/aromatic N) is 1. The fourth-order valence-electron chi connectivity index (χ4n) is 3.35. The molecule has 1 N–H and O–H groups in total. The van der Waals surface area contributed by atoms with E-state index in [4.69, 9.17) is 18.9 Å². The van der Waals surface area contributed by atoms with Gasteiger partial charge in [0.05, 0.1) is 37.8 Å². The summed E-state index contributed by atoms with van der Waals surface area (Å²) < 4.78 is 16.9. The molecular weight excluding hydrogens is 416 g/mol. The largest absolute Gasteiger partial charge is 0.497 e. The van der Waals surface area contributed by atoms with E-state index in [-0.39, 0.29) is 5.97 Å². The van der Waals surface area contributed by atoms with Crippen molar-refractivity contribution in [3.8, 4) is 17.1 Å². The molecular formula is C27H27N2O4+. The molecule has 3 aromatic carbocycles. The van der Waals surface area contributed by atoms with Crippen LogP contribution in [0.4, 0.5) is 5.69 Å². The molecule has 0 amide bonds. The third kappa shape index (κ3) is 5.48. The third-order valence-electron chi connectivity index (χ3n) is 5.20. The van der Waals surface area contributed by atoms with E-state index in [1.54, 1.807) is 19.2 Å². The lowest BCUT2D eigenvalue weighted by molar-refractivity contribution is -0.858. The molecule has 4 rings (SSSR count). The summed E-state index contributed by atoms with van der Waals surface area (Å²) in [5.41, 5.74) is 2.89. The van der Waals surface area contributed by atoms with E-state index in [9.17, 15) is 4.79 Å². The minimum Gasteiger partial charge on any atom is -0.497 e. The summed E-state index contributed by atoms with van der Waals surface area (Å²) >= 11 is 0. The first kappa shape index (κ1) is 22.3. The topological polar surface area (TPSA) is 65.5 Å². The van der Waals surface area contributed by atoms with Crippen LogP contribution < -0.4 is 15.0 Å². The molecule has 33 heavy (non-hydrogen) atoms. The van der Waals surface area contributed by atoms with Crippen LogP contribution in [0.15, 0.2) is 88.3 Å². The highest BCUT2D eigenvalue weighted by Crippen LogP contribution is 2.25. The number of quaternary nitrogens is 1. The van der Waals surface area contributed by atoms with Gasteiger partial charge in [-0.05, 0) is 42.5 Å². The second-order valence-corrected chi connectivity index (χ2v) is 7.98. The average Bonchev–Trinajstić information content (AvgIpc) is 2.84. The molecule has 0 spiro atoms.